The second-order valence-corrected chi connectivity index (χ2v) is 4.10. The minimum absolute atomic E-state index is 0.198. The molecule has 1 aliphatic rings. The molecule has 2 unspecified atom stereocenters. The molecule has 0 saturated heterocycles. The molecule has 0 bridgehead atoms. The van der Waals surface area contributed by atoms with Gasteiger partial charge >= 0.3 is 5.97 Å². The maximum atomic E-state index is 11.6. The van der Waals surface area contributed by atoms with Gasteiger partial charge in [-0.25, -0.2) is 0 Å². The van der Waals surface area contributed by atoms with E-state index in [1.807, 2.05) is 24.3 Å². The van der Waals surface area contributed by atoms with Crippen LogP contribution in [0.3, 0.4) is 0 Å². The van der Waals surface area contributed by atoms with Crippen LogP contribution in [-0.4, -0.2) is 17.7 Å². The van der Waals surface area contributed by atoms with Crippen molar-refractivity contribution in [3.63, 3.8) is 0 Å². The van der Waals surface area contributed by atoms with Gasteiger partial charge in [-0.2, -0.15) is 0 Å². The Kier molecular flexibility index (Phi) is 3.25. The Hall–Kier alpha value is -1.35. The summed E-state index contributed by atoms with van der Waals surface area (Å²) in [5.41, 5.74) is 2.00. The Bertz CT molecular complexity index is 387. The molecule has 1 aliphatic carbocycles. The van der Waals surface area contributed by atoms with Crippen LogP contribution in [0.15, 0.2) is 24.3 Å². The van der Waals surface area contributed by atoms with E-state index >= 15 is 0 Å². The Morgan fingerprint density at radius 1 is 1.50 bits per heavy atom. The van der Waals surface area contributed by atoms with Gasteiger partial charge in [0, 0.05) is 0 Å². The lowest BCUT2D eigenvalue weighted by Gasteiger charge is -2.27. The molecular weight excluding hydrogens is 204 g/mol. The van der Waals surface area contributed by atoms with Crippen LogP contribution in [-0.2, 0) is 16.0 Å². The smallest absolute Gasteiger partial charge is 0.309 e. The van der Waals surface area contributed by atoms with Gasteiger partial charge in [0.2, 0.25) is 0 Å². The molecule has 3 heteroatoms. The predicted molar refractivity (Wildman–Crippen MR) is 59.8 cm³/mol. The highest BCUT2D eigenvalue weighted by atomic mass is 16.5. The van der Waals surface area contributed by atoms with E-state index in [4.69, 9.17) is 4.74 Å². The van der Waals surface area contributed by atoms with E-state index in [1.165, 1.54) is 0 Å². The molecule has 0 radical (unpaired) electrons. The highest BCUT2D eigenvalue weighted by Gasteiger charge is 2.30. The topological polar surface area (TPSA) is 46.5 Å². The molecule has 2 rings (SSSR count). The fourth-order valence-corrected chi connectivity index (χ4v) is 2.23. The number of aliphatic hydroxyl groups excluding tert-OH is 1. The first-order valence-electron chi connectivity index (χ1n) is 5.65. The van der Waals surface area contributed by atoms with E-state index in [1.54, 1.807) is 6.92 Å². The van der Waals surface area contributed by atoms with Crippen LogP contribution in [0.4, 0.5) is 0 Å². The Balaban J connectivity index is 2.18. The number of rotatable bonds is 2. The van der Waals surface area contributed by atoms with Crippen LogP contribution in [0.25, 0.3) is 0 Å². The number of carbonyl (C=O) groups excluding carboxylic acids is 1. The lowest BCUT2D eigenvalue weighted by Crippen LogP contribution is -2.27. The first-order valence-corrected chi connectivity index (χ1v) is 5.65. The summed E-state index contributed by atoms with van der Waals surface area (Å²) in [6.07, 6.45) is 0.599. The number of benzene rings is 1. The van der Waals surface area contributed by atoms with Crippen molar-refractivity contribution in [3.8, 4) is 0 Å². The van der Waals surface area contributed by atoms with Crippen LogP contribution in [0.1, 0.15) is 30.6 Å². The number of fused-ring (bicyclic) bond motifs is 1. The first-order chi connectivity index (χ1) is 7.72. The molecule has 0 amide bonds. The van der Waals surface area contributed by atoms with Crippen molar-refractivity contribution in [2.24, 2.45) is 5.92 Å². The number of esters is 1. The molecule has 1 aromatic carbocycles. The minimum Gasteiger partial charge on any atom is -0.466 e. The summed E-state index contributed by atoms with van der Waals surface area (Å²) in [6, 6.07) is 7.72. The van der Waals surface area contributed by atoms with Gasteiger partial charge in [0.15, 0.2) is 0 Å². The molecule has 86 valence electrons. The highest BCUT2D eigenvalue weighted by Crippen LogP contribution is 2.33. The summed E-state index contributed by atoms with van der Waals surface area (Å²) in [6.45, 7) is 2.19. The molecule has 0 spiro atoms. The third-order valence-corrected chi connectivity index (χ3v) is 3.01. The Labute approximate surface area is 95.0 Å². The number of carbonyl (C=O) groups is 1. The number of aliphatic hydroxyl groups is 1. The normalized spacial score (nSPS) is 23.6. The van der Waals surface area contributed by atoms with Gasteiger partial charge in [0.25, 0.3) is 0 Å². The number of ether oxygens (including phenoxy) is 1. The van der Waals surface area contributed by atoms with Crippen LogP contribution in [0.5, 0.6) is 0 Å². The average Bonchev–Trinajstić information content (AvgIpc) is 2.29. The van der Waals surface area contributed by atoms with Gasteiger partial charge in [-0.15, -0.1) is 0 Å². The Morgan fingerprint density at radius 3 is 3.00 bits per heavy atom. The average molecular weight is 220 g/mol. The van der Waals surface area contributed by atoms with E-state index in [2.05, 4.69) is 0 Å². The van der Waals surface area contributed by atoms with Gasteiger partial charge in [0.1, 0.15) is 0 Å². The zero-order chi connectivity index (χ0) is 11.5. The second-order valence-electron chi connectivity index (χ2n) is 4.10. The lowest BCUT2D eigenvalue weighted by molar-refractivity contribution is -0.149. The molecule has 1 N–H and O–H groups in total. The van der Waals surface area contributed by atoms with E-state index < -0.39 is 6.10 Å². The number of hydrogen-bond donors (Lipinski definition) is 1. The molecule has 2 atom stereocenters. The SMILES string of the molecule is CCOC(=O)C1Cc2ccccc2C(O)C1. The van der Waals surface area contributed by atoms with E-state index in [0.717, 1.165) is 11.1 Å². The summed E-state index contributed by atoms with van der Waals surface area (Å²) in [5, 5.41) is 9.94. The van der Waals surface area contributed by atoms with Crippen molar-refractivity contribution in [2.75, 3.05) is 6.61 Å². The van der Waals surface area contributed by atoms with E-state index in [0.29, 0.717) is 19.4 Å². The van der Waals surface area contributed by atoms with Crippen LogP contribution in [0.2, 0.25) is 0 Å². The molecule has 0 heterocycles. The van der Waals surface area contributed by atoms with Crippen molar-refractivity contribution in [1.82, 2.24) is 0 Å². The third kappa shape index (κ3) is 2.09. The van der Waals surface area contributed by atoms with Gasteiger partial charge in [-0.1, -0.05) is 24.3 Å². The summed E-state index contributed by atoms with van der Waals surface area (Å²) in [7, 11) is 0. The maximum absolute atomic E-state index is 11.6. The monoisotopic (exact) mass is 220 g/mol. The molecule has 1 aromatic rings. The fraction of sp³-hybridized carbons (Fsp3) is 0.462. The largest absolute Gasteiger partial charge is 0.466 e. The second kappa shape index (κ2) is 4.66. The summed E-state index contributed by atoms with van der Waals surface area (Å²) in [5.74, 6) is -0.402. The molecule has 3 nitrogen and oxygen atoms in total. The van der Waals surface area contributed by atoms with Gasteiger partial charge < -0.3 is 9.84 Å². The molecule has 0 aliphatic heterocycles. The van der Waals surface area contributed by atoms with Crippen LogP contribution >= 0.6 is 0 Å². The van der Waals surface area contributed by atoms with Crippen molar-refractivity contribution < 1.29 is 14.6 Å². The highest BCUT2D eigenvalue weighted by molar-refractivity contribution is 5.73. The third-order valence-electron chi connectivity index (χ3n) is 3.01. The molecule has 0 aromatic heterocycles. The lowest BCUT2D eigenvalue weighted by atomic mass is 9.82. The van der Waals surface area contributed by atoms with Crippen molar-refractivity contribution in [1.29, 1.82) is 0 Å². The van der Waals surface area contributed by atoms with Crippen LogP contribution in [0, 0.1) is 5.92 Å². The number of hydrogen-bond acceptors (Lipinski definition) is 3. The van der Waals surface area contributed by atoms with Crippen molar-refractivity contribution in [2.45, 2.75) is 25.9 Å². The minimum atomic E-state index is -0.542. The van der Waals surface area contributed by atoms with Gasteiger partial charge in [-0.3, -0.25) is 4.79 Å². The molecule has 0 saturated carbocycles. The zero-order valence-corrected chi connectivity index (χ0v) is 9.35. The summed E-state index contributed by atoms with van der Waals surface area (Å²) in [4.78, 5) is 11.6. The van der Waals surface area contributed by atoms with Crippen molar-refractivity contribution >= 4 is 5.97 Å². The van der Waals surface area contributed by atoms with Gasteiger partial charge in [-0.05, 0) is 30.9 Å². The first kappa shape index (κ1) is 11.1. The zero-order valence-electron chi connectivity index (χ0n) is 9.35. The molecule has 16 heavy (non-hydrogen) atoms. The molecule has 0 fully saturated rings. The van der Waals surface area contributed by atoms with E-state index in [9.17, 15) is 9.90 Å². The summed E-state index contributed by atoms with van der Waals surface area (Å²) >= 11 is 0. The Morgan fingerprint density at radius 2 is 2.25 bits per heavy atom. The van der Waals surface area contributed by atoms with Crippen LogP contribution < -0.4 is 0 Å². The maximum Gasteiger partial charge on any atom is 0.309 e. The summed E-state index contributed by atoms with van der Waals surface area (Å²) < 4.78 is 4.99. The quantitative estimate of drug-likeness (QED) is 0.774. The molecular formula is C13H16O3. The predicted octanol–water partition coefficient (Wildman–Crippen LogP) is 1.85. The van der Waals surface area contributed by atoms with Crippen molar-refractivity contribution in [3.05, 3.63) is 35.4 Å². The standard InChI is InChI=1S/C13H16O3/c1-2-16-13(15)10-7-9-5-3-4-6-11(9)12(14)8-10/h3-6,10,12,14H,2,7-8H2,1H3. The fourth-order valence-electron chi connectivity index (χ4n) is 2.23. The van der Waals surface area contributed by atoms with E-state index in [-0.39, 0.29) is 11.9 Å². The van der Waals surface area contributed by atoms with Gasteiger partial charge in [0.05, 0.1) is 18.6 Å².